The quantitative estimate of drug-likeness (QED) is 0.172. The van der Waals surface area contributed by atoms with E-state index in [0.29, 0.717) is 5.82 Å². The van der Waals surface area contributed by atoms with Gasteiger partial charge in [-0.1, -0.05) is 158 Å². The number of hydrogen-bond donors (Lipinski definition) is 0. The van der Waals surface area contributed by atoms with Gasteiger partial charge in [-0.3, -0.25) is 0 Å². The van der Waals surface area contributed by atoms with Crippen molar-refractivity contribution in [2.75, 3.05) is 0 Å². The van der Waals surface area contributed by atoms with Gasteiger partial charge in [-0.2, -0.15) is 5.10 Å². The van der Waals surface area contributed by atoms with Gasteiger partial charge >= 0.3 is 0 Å². The normalized spacial score (nSPS) is 11.6. The third kappa shape index (κ3) is 5.21. The number of rotatable bonds is 6. The molecule has 0 aliphatic carbocycles. The molecule has 0 bridgehead atoms. The summed E-state index contributed by atoms with van der Waals surface area (Å²) in [6.07, 6.45) is 2.07. The largest absolute Gasteiger partial charge is 0.309 e. The van der Waals surface area contributed by atoms with Gasteiger partial charge in [-0.05, 0) is 47.3 Å². The fraction of sp³-hybridized carbons (Fsp3) is 0. The lowest BCUT2D eigenvalue weighted by atomic mass is 9.96. The Bertz CT molecular complexity index is 3180. The van der Waals surface area contributed by atoms with Crippen LogP contribution in [-0.2, 0) is 0 Å². The molecule has 11 aromatic rings. The lowest BCUT2D eigenvalue weighted by Crippen LogP contribution is -1.98. The Hall–Kier alpha value is -7.63. The molecule has 0 atom stereocenters. The van der Waals surface area contributed by atoms with Gasteiger partial charge in [0.1, 0.15) is 5.69 Å². The number of para-hydroxylation sites is 2. The van der Waals surface area contributed by atoms with Gasteiger partial charge in [0, 0.05) is 55.9 Å². The molecule has 4 aromatic heterocycles. The second-order valence-electron chi connectivity index (χ2n) is 14.1. The molecule has 7 aromatic carbocycles. The molecule has 262 valence electrons. The summed E-state index contributed by atoms with van der Waals surface area (Å²) in [5.41, 5.74) is 13.5. The van der Waals surface area contributed by atoms with Crippen LogP contribution < -0.4 is 0 Å². The van der Waals surface area contributed by atoms with Crippen LogP contribution in [0.4, 0.5) is 0 Å². The van der Waals surface area contributed by atoms with Crippen molar-refractivity contribution in [2.45, 2.75) is 0 Å². The van der Waals surface area contributed by atoms with Gasteiger partial charge < -0.3 is 4.57 Å². The molecule has 0 N–H and O–H groups in total. The SMILES string of the molecule is c1ccc(-c2cc(-c3cccc(-n4c5ccccc5c5ccccc54)c3)nc(-c3cccc4c3ccn3nc(-c5ccccc5)c(-c5ccccc5)c43)n2)cc1. The number of nitrogens with zero attached hydrogens (tertiary/aromatic N) is 5. The van der Waals surface area contributed by atoms with E-state index in [1.54, 1.807) is 0 Å². The Morgan fingerprint density at radius 3 is 1.64 bits per heavy atom. The van der Waals surface area contributed by atoms with E-state index < -0.39 is 0 Å². The molecular weight excluding hydrogens is 683 g/mol. The number of hydrogen-bond acceptors (Lipinski definition) is 3. The molecule has 0 amide bonds. The van der Waals surface area contributed by atoms with E-state index in [4.69, 9.17) is 15.1 Å². The van der Waals surface area contributed by atoms with Crippen LogP contribution in [0.2, 0.25) is 0 Å². The Balaban J connectivity index is 1.13. The van der Waals surface area contributed by atoms with Crippen molar-refractivity contribution in [1.82, 2.24) is 24.1 Å². The standard InChI is InChI=1S/C51H33N5/c1-4-16-34(17-5-1)44-33-45(37-22-14-23-38(32-37)56-46-28-12-10-24-40(46)41-25-11-13-29-47(41)56)53-51(52-44)43-27-15-26-42-39(43)30-31-55-50(42)48(35-18-6-2-7-19-35)49(54-55)36-20-8-3-9-21-36/h1-33H. The summed E-state index contributed by atoms with van der Waals surface area (Å²) < 4.78 is 4.37. The molecule has 0 saturated carbocycles. The third-order valence-electron chi connectivity index (χ3n) is 10.8. The maximum atomic E-state index is 5.37. The minimum atomic E-state index is 0.669. The topological polar surface area (TPSA) is 48.0 Å². The monoisotopic (exact) mass is 715 g/mol. The summed E-state index contributed by atoms with van der Waals surface area (Å²) in [7, 11) is 0. The molecule has 0 unspecified atom stereocenters. The van der Waals surface area contributed by atoms with E-state index in [1.807, 2.05) is 16.6 Å². The number of aromatic nitrogens is 5. The van der Waals surface area contributed by atoms with Crippen molar-refractivity contribution < 1.29 is 0 Å². The molecule has 0 fully saturated rings. The summed E-state index contributed by atoms with van der Waals surface area (Å²) in [5.74, 6) is 0.669. The van der Waals surface area contributed by atoms with E-state index in [9.17, 15) is 0 Å². The van der Waals surface area contributed by atoms with Gasteiger partial charge in [0.25, 0.3) is 0 Å². The molecule has 0 aliphatic rings. The highest BCUT2D eigenvalue weighted by Gasteiger charge is 2.21. The first kappa shape index (κ1) is 31.9. The summed E-state index contributed by atoms with van der Waals surface area (Å²) in [6, 6.07) is 68.0. The van der Waals surface area contributed by atoms with Gasteiger partial charge in [-0.25, -0.2) is 14.5 Å². The van der Waals surface area contributed by atoms with Crippen LogP contribution in [0.5, 0.6) is 0 Å². The second-order valence-corrected chi connectivity index (χ2v) is 14.1. The van der Waals surface area contributed by atoms with Crippen LogP contribution >= 0.6 is 0 Å². The van der Waals surface area contributed by atoms with Gasteiger partial charge in [0.15, 0.2) is 5.82 Å². The van der Waals surface area contributed by atoms with Crippen molar-refractivity contribution in [2.24, 2.45) is 0 Å². The highest BCUT2D eigenvalue weighted by Crippen LogP contribution is 2.41. The van der Waals surface area contributed by atoms with Crippen molar-refractivity contribution >= 4 is 38.1 Å². The maximum Gasteiger partial charge on any atom is 0.161 e. The van der Waals surface area contributed by atoms with Gasteiger partial charge in [0.05, 0.1) is 27.9 Å². The van der Waals surface area contributed by atoms with Crippen LogP contribution in [0.1, 0.15) is 0 Å². The molecular formula is C51H33N5. The van der Waals surface area contributed by atoms with E-state index in [1.165, 1.54) is 21.8 Å². The lowest BCUT2D eigenvalue weighted by Gasteiger charge is -2.13. The van der Waals surface area contributed by atoms with Crippen molar-refractivity contribution in [3.05, 3.63) is 200 Å². The van der Waals surface area contributed by atoms with Crippen LogP contribution in [0.25, 0.3) is 100 Å². The number of fused-ring (bicyclic) bond motifs is 6. The Kier molecular flexibility index (Phi) is 7.42. The van der Waals surface area contributed by atoms with Gasteiger partial charge in [0.2, 0.25) is 0 Å². The van der Waals surface area contributed by atoms with Crippen LogP contribution in [0.3, 0.4) is 0 Å². The minimum Gasteiger partial charge on any atom is -0.309 e. The minimum absolute atomic E-state index is 0.669. The average Bonchev–Trinajstić information content (AvgIpc) is 3.84. The highest BCUT2D eigenvalue weighted by atomic mass is 15.2. The Morgan fingerprint density at radius 2 is 0.946 bits per heavy atom. The van der Waals surface area contributed by atoms with E-state index in [-0.39, 0.29) is 0 Å². The summed E-state index contributed by atoms with van der Waals surface area (Å²) in [6.45, 7) is 0. The number of pyridine rings is 1. The zero-order chi connectivity index (χ0) is 37.0. The van der Waals surface area contributed by atoms with Crippen molar-refractivity contribution in [3.8, 4) is 62.0 Å². The Labute approximate surface area is 323 Å². The molecule has 0 saturated heterocycles. The first-order valence-corrected chi connectivity index (χ1v) is 18.9. The number of benzene rings is 7. The summed E-state index contributed by atoms with van der Waals surface area (Å²) >= 11 is 0. The maximum absolute atomic E-state index is 5.37. The van der Waals surface area contributed by atoms with Crippen LogP contribution in [0, 0.1) is 0 Å². The van der Waals surface area contributed by atoms with Gasteiger partial charge in [-0.15, -0.1) is 0 Å². The van der Waals surface area contributed by atoms with Crippen LogP contribution in [0.15, 0.2) is 200 Å². The predicted octanol–water partition coefficient (Wildman–Crippen LogP) is 12.7. The fourth-order valence-corrected chi connectivity index (χ4v) is 8.25. The second kappa shape index (κ2) is 13.0. The van der Waals surface area contributed by atoms with E-state index in [2.05, 4.69) is 193 Å². The molecule has 5 nitrogen and oxygen atoms in total. The van der Waals surface area contributed by atoms with Crippen molar-refractivity contribution in [3.63, 3.8) is 0 Å². The van der Waals surface area contributed by atoms with Crippen molar-refractivity contribution in [1.29, 1.82) is 0 Å². The fourth-order valence-electron chi connectivity index (χ4n) is 8.25. The zero-order valence-electron chi connectivity index (χ0n) is 30.3. The van der Waals surface area contributed by atoms with E-state index >= 15 is 0 Å². The molecule has 0 spiro atoms. The molecule has 0 aliphatic heterocycles. The first-order chi connectivity index (χ1) is 27.8. The smallest absolute Gasteiger partial charge is 0.161 e. The molecule has 56 heavy (non-hydrogen) atoms. The molecule has 11 rings (SSSR count). The third-order valence-corrected chi connectivity index (χ3v) is 10.8. The zero-order valence-corrected chi connectivity index (χ0v) is 30.3. The Morgan fingerprint density at radius 1 is 0.393 bits per heavy atom. The highest BCUT2D eigenvalue weighted by molar-refractivity contribution is 6.11. The molecule has 5 heteroatoms. The summed E-state index contributed by atoms with van der Waals surface area (Å²) in [5, 5.41) is 9.79. The first-order valence-electron chi connectivity index (χ1n) is 18.9. The van der Waals surface area contributed by atoms with Crippen LogP contribution in [-0.4, -0.2) is 24.1 Å². The molecule has 4 heterocycles. The molecule has 0 radical (unpaired) electrons. The average molecular weight is 716 g/mol. The lowest BCUT2D eigenvalue weighted by molar-refractivity contribution is 0.971. The summed E-state index contributed by atoms with van der Waals surface area (Å²) in [4.78, 5) is 10.6. The van der Waals surface area contributed by atoms with E-state index in [0.717, 1.165) is 72.4 Å². The predicted molar refractivity (Wildman–Crippen MR) is 230 cm³/mol.